The number of nitrogens with zero attached hydrogens (tertiary/aromatic N) is 2. The zero-order chi connectivity index (χ0) is 13.8. The molecular weight excluding hydrogens is 260 g/mol. The number of hydrogen-bond acceptors (Lipinski definition) is 3. The number of rotatable bonds is 4. The molecule has 0 radical (unpaired) electrons. The van der Waals surface area contributed by atoms with Gasteiger partial charge in [0, 0.05) is 30.2 Å². The van der Waals surface area contributed by atoms with Gasteiger partial charge in [0.1, 0.15) is 5.75 Å². The van der Waals surface area contributed by atoms with Crippen LogP contribution in [0.15, 0.2) is 36.5 Å². The highest BCUT2D eigenvalue weighted by atomic mass is 35.5. The van der Waals surface area contributed by atoms with Crippen molar-refractivity contribution in [2.45, 2.75) is 12.8 Å². The topological polar surface area (TPSA) is 25.4 Å². The summed E-state index contributed by atoms with van der Waals surface area (Å²) in [6, 6.07) is 9.94. The van der Waals surface area contributed by atoms with Crippen molar-refractivity contribution >= 4 is 23.0 Å². The molecule has 0 aliphatic carbocycles. The number of halogens is 1. The van der Waals surface area contributed by atoms with Gasteiger partial charge in [0.05, 0.1) is 18.7 Å². The van der Waals surface area contributed by atoms with Crippen LogP contribution < -0.4 is 9.64 Å². The Morgan fingerprint density at radius 3 is 2.68 bits per heavy atom. The summed E-state index contributed by atoms with van der Waals surface area (Å²) in [6.45, 7) is 1.97. The third-order valence-electron chi connectivity index (χ3n) is 3.05. The summed E-state index contributed by atoms with van der Waals surface area (Å²) < 4.78 is 5.40. The predicted molar refractivity (Wildman–Crippen MR) is 79.6 cm³/mol. The molecule has 0 saturated heterocycles. The van der Waals surface area contributed by atoms with E-state index in [0.717, 1.165) is 28.4 Å². The molecule has 100 valence electrons. The fraction of sp³-hybridized carbons (Fsp3) is 0.267. The Kier molecular flexibility index (Phi) is 4.27. The Bertz CT molecular complexity index is 572. The summed E-state index contributed by atoms with van der Waals surface area (Å²) in [5.41, 5.74) is 4.01. The molecule has 1 aromatic heterocycles. The van der Waals surface area contributed by atoms with Gasteiger partial charge >= 0.3 is 0 Å². The van der Waals surface area contributed by atoms with Gasteiger partial charge in [-0.3, -0.25) is 4.98 Å². The van der Waals surface area contributed by atoms with E-state index >= 15 is 0 Å². The van der Waals surface area contributed by atoms with Crippen LogP contribution >= 0.6 is 11.6 Å². The molecule has 3 nitrogen and oxygen atoms in total. The maximum absolute atomic E-state index is 5.99. The lowest BCUT2D eigenvalue weighted by Crippen LogP contribution is -2.13. The lowest BCUT2D eigenvalue weighted by atomic mass is 10.2. The molecule has 4 heteroatoms. The van der Waals surface area contributed by atoms with E-state index < -0.39 is 0 Å². The quantitative estimate of drug-likeness (QED) is 0.792. The first-order valence-corrected chi connectivity index (χ1v) is 6.59. The van der Waals surface area contributed by atoms with E-state index in [-0.39, 0.29) is 0 Å². The average molecular weight is 277 g/mol. The molecule has 2 rings (SSSR count). The fourth-order valence-electron chi connectivity index (χ4n) is 2.03. The molecule has 0 unspecified atom stereocenters. The molecule has 0 saturated carbocycles. The Balaban J connectivity index is 2.49. The molecule has 0 aliphatic heterocycles. The van der Waals surface area contributed by atoms with E-state index in [1.54, 1.807) is 7.11 Å². The molecule has 0 aliphatic rings. The lowest BCUT2D eigenvalue weighted by Gasteiger charge is -2.24. The number of alkyl halides is 1. The van der Waals surface area contributed by atoms with Crippen LogP contribution in [0.4, 0.5) is 11.4 Å². The van der Waals surface area contributed by atoms with Gasteiger partial charge in [0.2, 0.25) is 0 Å². The highest BCUT2D eigenvalue weighted by molar-refractivity contribution is 6.17. The summed E-state index contributed by atoms with van der Waals surface area (Å²) in [7, 11) is 3.68. The van der Waals surface area contributed by atoms with Gasteiger partial charge in [-0.1, -0.05) is 12.1 Å². The van der Waals surface area contributed by atoms with Crippen molar-refractivity contribution < 1.29 is 4.74 Å². The average Bonchev–Trinajstić information content (AvgIpc) is 2.46. The zero-order valence-electron chi connectivity index (χ0n) is 11.4. The summed E-state index contributed by atoms with van der Waals surface area (Å²) >= 11 is 5.99. The second-order valence-electron chi connectivity index (χ2n) is 4.32. The molecule has 0 N–H and O–H groups in total. The first kappa shape index (κ1) is 13.7. The summed E-state index contributed by atoms with van der Waals surface area (Å²) in [4.78, 5) is 6.36. The second-order valence-corrected chi connectivity index (χ2v) is 4.59. The van der Waals surface area contributed by atoms with Crippen LogP contribution in [0.25, 0.3) is 0 Å². The van der Waals surface area contributed by atoms with E-state index in [2.05, 4.69) is 9.88 Å². The molecule has 0 fully saturated rings. The van der Waals surface area contributed by atoms with E-state index in [4.69, 9.17) is 16.3 Å². The van der Waals surface area contributed by atoms with Gasteiger partial charge in [0.15, 0.2) is 0 Å². The van der Waals surface area contributed by atoms with Crippen molar-refractivity contribution in [1.29, 1.82) is 0 Å². The minimum absolute atomic E-state index is 0.433. The Labute approximate surface area is 118 Å². The number of hydrogen-bond donors (Lipinski definition) is 0. The van der Waals surface area contributed by atoms with Crippen LogP contribution in [-0.2, 0) is 5.88 Å². The number of benzene rings is 1. The Morgan fingerprint density at radius 1 is 1.26 bits per heavy atom. The fourth-order valence-corrected chi connectivity index (χ4v) is 2.23. The smallest absolute Gasteiger partial charge is 0.142 e. The first-order chi connectivity index (χ1) is 9.17. The lowest BCUT2D eigenvalue weighted by molar-refractivity contribution is 0.415. The Morgan fingerprint density at radius 2 is 2.00 bits per heavy atom. The van der Waals surface area contributed by atoms with Gasteiger partial charge in [-0.2, -0.15) is 0 Å². The summed E-state index contributed by atoms with van der Waals surface area (Å²) in [5.74, 6) is 1.27. The maximum atomic E-state index is 5.99. The van der Waals surface area contributed by atoms with E-state index in [0.29, 0.717) is 5.88 Å². The molecule has 0 atom stereocenters. The van der Waals surface area contributed by atoms with Crippen molar-refractivity contribution in [3.05, 3.63) is 47.8 Å². The van der Waals surface area contributed by atoms with E-state index in [9.17, 15) is 0 Å². The SMILES string of the molecule is COc1ccccc1N(C)c1cc(C)ncc1CCl. The molecule has 0 spiro atoms. The second kappa shape index (κ2) is 5.93. The monoisotopic (exact) mass is 276 g/mol. The molecule has 0 bridgehead atoms. The first-order valence-electron chi connectivity index (χ1n) is 6.05. The number of aromatic nitrogens is 1. The van der Waals surface area contributed by atoms with Gasteiger partial charge in [0.25, 0.3) is 0 Å². The van der Waals surface area contributed by atoms with Crippen LogP contribution in [-0.4, -0.2) is 19.1 Å². The van der Waals surface area contributed by atoms with Crippen LogP contribution in [0.2, 0.25) is 0 Å². The van der Waals surface area contributed by atoms with Gasteiger partial charge in [-0.05, 0) is 25.1 Å². The number of ether oxygens (including phenoxy) is 1. The third-order valence-corrected chi connectivity index (χ3v) is 3.34. The largest absolute Gasteiger partial charge is 0.495 e. The van der Waals surface area contributed by atoms with E-state index in [1.807, 2.05) is 50.5 Å². The van der Waals surface area contributed by atoms with Crippen molar-refractivity contribution in [1.82, 2.24) is 4.98 Å². The molecule has 0 amide bonds. The number of anilines is 2. The van der Waals surface area contributed by atoms with Gasteiger partial charge in [-0.15, -0.1) is 11.6 Å². The molecule has 19 heavy (non-hydrogen) atoms. The molecular formula is C15H17ClN2O. The Hall–Kier alpha value is -1.74. The van der Waals surface area contributed by atoms with E-state index in [1.165, 1.54) is 0 Å². The summed E-state index contributed by atoms with van der Waals surface area (Å²) in [6.07, 6.45) is 1.82. The third kappa shape index (κ3) is 2.82. The van der Waals surface area contributed by atoms with Crippen molar-refractivity contribution in [3.8, 4) is 5.75 Å². The number of pyridine rings is 1. The molecule has 2 aromatic rings. The minimum Gasteiger partial charge on any atom is -0.495 e. The highest BCUT2D eigenvalue weighted by Gasteiger charge is 2.13. The highest BCUT2D eigenvalue weighted by Crippen LogP contribution is 2.34. The molecule has 1 aromatic carbocycles. The van der Waals surface area contributed by atoms with Crippen LogP contribution in [0.1, 0.15) is 11.3 Å². The normalized spacial score (nSPS) is 10.3. The van der Waals surface area contributed by atoms with Crippen LogP contribution in [0.3, 0.4) is 0 Å². The van der Waals surface area contributed by atoms with Crippen molar-refractivity contribution in [2.75, 3.05) is 19.1 Å². The predicted octanol–water partition coefficient (Wildman–Crippen LogP) is 3.91. The van der Waals surface area contributed by atoms with Crippen molar-refractivity contribution in [3.63, 3.8) is 0 Å². The van der Waals surface area contributed by atoms with Gasteiger partial charge in [-0.25, -0.2) is 0 Å². The van der Waals surface area contributed by atoms with Gasteiger partial charge < -0.3 is 9.64 Å². The summed E-state index contributed by atoms with van der Waals surface area (Å²) in [5, 5.41) is 0. The number of para-hydroxylation sites is 2. The standard InChI is InChI=1S/C15H17ClN2O/c1-11-8-14(12(9-16)10-17-11)18(2)13-6-4-5-7-15(13)19-3/h4-8,10H,9H2,1-3H3. The van der Waals surface area contributed by atoms with Crippen molar-refractivity contribution in [2.24, 2.45) is 0 Å². The van der Waals surface area contributed by atoms with Crippen LogP contribution in [0, 0.1) is 6.92 Å². The minimum atomic E-state index is 0.433. The maximum Gasteiger partial charge on any atom is 0.142 e. The van der Waals surface area contributed by atoms with Crippen LogP contribution in [0.5, 0.6) is 5.75 Å². The number of aryl methyl sites for hydroxylation is 1. The number of methoxy groups -OCH3 is 1. The zero-order valence-corrected chi connectivity index (χ0v) is 12.1. The molecule has 1 heterocycles.